The highest BCUT2D eigenvalue weighted by atomic mass is 16.5. The van der Waals surface area contributed by atoms with Crippen molar-refractivity contribution in [1.29, 1.82) is 0 Å². The van der Waals surface area contributed by atoms with Gasteiger partial charge in [-0.3, -0.25) is 0 Å². The molecule has 0 aromatic carbocycles. The summed E-state index contributed by atoms with van der Waals surface area (Å²) in [6, 6.07) is 0. The molecule has 1 rings (SSSR count). The molecule has 0 bridgehead atoms. The van der Waals surface area contributed by atoms with Gasteiger partial charge in [0, 0.05) is 6.54 Å². The Morgan fingerprint density at radius 1 is 1.20 bits per heavy atom. The average Bonchev–Trinajstić information content (AvgIpc) is 2.47. The van der Waals surface area contributed by atoms with E-state index in [0.29, 0.717) is 5.92 Å². The minimum absolute atomic E-state index is 0.157. The summed E-state index contributed by atoms with van der Waals surface area (Å²) in [6.07, 6.45) is 3.98. The smallest absolute Gasteiger partial charge is 0.0898 e. The van der Waals surface area contributed by atoms with Crippen molar-refractivity contribution in [3.05, 3.63) is 0 Å². The summed E-state index contributed by atoms with van der Waals surface area (Å²) in [5.74, 6) is 0.676. The molecule has 1 fully saturated rings. The second-order valence-electron chi connectivity index (χ2n) is 6.02. The van der Waals surface area contributed by atoms with Crippen LogP contribution in [-0.2, 0) is 4.74 Å². The van der Waals surface area contributed by atoms with E-state index in [4.69, 9.17) is 20.1 Å². The number of aliphatic hydroxyl groups excluding tert-OH is 4. The van der Waals surface area contributed by atoms with Gasteiger partial charge in [0.05, 0.1) is 44.2 Å². The van der Waals surface area contributed by atoms with Crippen LogP contribution in [0, 0.1) is 5.92 Å². The number of hydrogen-bond acceptors (Lipinski definition) is 6. The number of β-amino-alcohol motifs (C(OH)–C–C–N with tert-alkyl or cyclic N) is 1. The van der Waals surface area contributed by atoms with Gasteiger partial charge in [-0.15, -0.1) is 0 Å². The maximum atomic E-state index is 9.86. The molecule has 0 saturated heterocycles. The van der Waals surface area contributed by atoms with Crippen LogP contribution in [0.1, 0.15) is 32.6 Å². The Bertz CT molecular complexity index is 252. The van der Waals surface area contributed by atoms with Crippen LogP contribution in [-0.4, -0.2) is 71.1 Å². The number of rotatable bonds is 9. The highest BCUT2D eigenvalue weighted by molar-refractivity contribution is 4.87. The predicted octanol–water partition coefficient (Wildman–Crippen LogP) is -0.752. The third kappa shape index (κ3) is 5.63. The van der Waals surface area contributed by atoms with Crippen LogP contribution in [0.5, 0.6) is 0 Å². The minimum Gasteiger partial charge on any atom is -0.394 e. The van der Waals surface area contributed by atoms with Crippen LogP contribution < -0.4 is 5.32 Å². The van der Waals surface area contributed by atoms with Crippen molar-refractivity contribution < 1.29 is 25.2 Å². The van der Waals surface area contributed by atoms with Gasteiger partial charge >= 0.3 is 0 Å². The Kier molecular flexibility index (Phi) is 7.94. The van der Waals surface area contributed by atoms with Gasteiger partial charge in [0.15, 0.2) is 0 Å². The lowest BCUT2D eigenvalue weighted by Crippen LogP contribution is -2.57. The van der Waals surface area contributed by atoms with Crippen molar-refractivity contribution in [3.63, 3.8) is 0 Å². The highest BCUT2D eigenvalue weighted by Crippen LogP contribution is 2.25. The first-order valence-corrected chi connectivity index (χ1v) is 7.42. The molecule has 0 aliphatic heterocycles. The van der Waals surface area contributed by atoms with Crippen molar-refractivity contribution in [1.82, 2.24) is 5.32 Å². The molecule has 0 radical (unpaired) electrons. The SMILES string of the molecule is CC1CCCC(OCC(O)CNC(CO)(CO)CO)C1. The third-order valence-electron chi connectivity index (χ3n) is 4.03. The lowest BCUT2D eigenvalue weighted by atomic mass is 9.89. The number of ether oxygens (including phenoxy) is 1. The molecule has 0 aromatic rings. The largest absolute Gasteiger partial charge is 0.394 e. The molecule has 6 nitrogen and oxygen atoms in total. The molecule has 1 aliphatic carbocycles. The first-order valence-electron chi connectivity index (χ1n) is 7.42. The number of nitrogens with one attached hydrogen (secondary N) is 1. The molecule has 20 heavy (non-hydrogen) atoms. The van der Waals surface area contributed by atoms with Gasteiger partial charge < -0.3 is 30.5 Å². The van der Waals surface area contributed by atoms with Gasteiger partial charge in [-0.25, -0.2) is 0 Å². The molecule has 120 valence electrons. The van der Waals surface area contributed by atoms with Crippen molar-refractivity contribution in [2.24, 2.45) is 5.92 Å². The van der Waals surface area contributed by atoms with Crippen LogP contribution in [0.4, 0.5) is 0 Å². The molecule has 3 unspecified atom stereocenters. The minimum atomic E-state index is -1.15. The molecule has 0 aromatic heterocycles. The van der Waals surface area contributed by atoms with Gasteiger partial charge in [-0.2, -0.15) is 0 Å². The zero-order valence-electron chi connectivity index (χ0n) is 12.3. The maximum absolute atomic E-state index is 9.86. The van der Waals surface area contributed by atoms with Gasteiger partial charge in [-0.05, 0) is 18.8 Å². The van der Waals surface area contributed by atoms with E-state index in [2.05, 4.69) is 12.2 Å². The summed E-state index contributed by atoms with van der Waals surface area (Å²) >= 11 is 0. The fourth-order valence-electron chi connectivity index (χ4n) is 2.49. The summed E-state index contributed by atoms with van der Waals surface area (Å²) < 4.78 is 5.70. The topological polar surface area (TPSA) is 102 Å². The molecular formula is C14H29NO5. The van der Waals surface area contributed by atoms with Crippen LogP contribution in [0.15, 0.2) is 0 Å². The predicted molar refractivity (Wildman–Crippen MR) is 75.4 cm³/mol. The van der Waals surface area contributed by atoms with Crippen LogP contribution in [0.2, 0.25) is 0 Å². The highest BCUT2D eigenvalue weighted by Gasteiger charge is 2.28. The zero-order valence-corrected chi connectivity index (χ0v) is 12.3. The Morgan fingerprint density at radius 2 is 1.85 bits per heavy atom. The Hall–Kier alpha value is -0.240. The average molecular weight is 291 g/mol. The standard InChI is InChI=1S/C14H29NO5/c1-11-3-2-4-13(5-11)20-7-12(19)6-15-14(8-16,9-17)10-18/h11-13,15-19H,2-10H2,1H3. The third-order valence-corrected chi connectivity index (χ3v) is 4.03. The number of hydrogen-bond donors (Lipinski definition) is 5. The fraction of sp³-hybridized carbons (Fsp3) is 1.00. The van der Waals surface area contributed by atoms with Gasteiger partial charge in [0.1, 0.15) is 0 Å². The monoisotopic (exact) mass is 291 g/mol. The summed E-state index contributed by atoms with van der Waals surface area (Å²) in [5.41, 5.74) is -1.15. The van der Waals surface area contributed by atoms with E-state index in [-0.39, 0.29) is 19.3 Å². The molecule has 3 atom stereocenters. The molecule has 0 spiro atoms. The summed E-state index contributed by atoms with van der Waals surface area (Å²) in [4.78, 5) is 0. The second-order valence-corrected chi connectivity index (χ2v) is 6.02. The normalized spacial score (nSPS) is 25.6. The Balaban J connectivity index is 2.24. The van der Waals surface area contributed by atoms with E-state index in [9.17, 15) is 5.11 Å². The van der Waals surface area contributed by atoms with Gasteiger partial charge in [-0.1, -0.05) is 19.8 Å². The first-order chi connectivity index (χ1) is 9.55. The zero-order chi connectivity index (χ0) is 15.0. The van der Waals surface area contributed by atoms with Crippen LogP contribution in [0.3, 0.4) is 0 Å². The van der Waals surface area contributed by atoms with E-state index >= 15 is 0 Å². The van der Waals surface area contributed by atoms with E-state index in [1.807, 2.05) is 0 Å². The van der Waals surface area contributed by atoms with E-state index in [0.717, 1.165) is 12.8 Å². The van der Waals surface area contributed by atoms with Crippen molar-refractivity contribution >= 4 is 0 Å². The fourth-order valence-corrected chi connectivity index (χ4v) is 2.49. The Morgan fingerprint density at radius 3 is 2.40 bits per heavy atom. The molecule has 0 amide bonds. The van der Waals surface area contributed by atoms with Crippen LogP contribution >= 0.6 is 0 Å². The van der Waals surface area contributed by atoms with E-state index in [1.54, 1.807) is 0 Å². The number of aliphatic hydroxyl groups is 4. The Labute approximate surface area is 120 Å². The van der Waals surface area contributed by atoms with E-state index in [1.165, 1.54) is 12.8 Å². The van der Waals surface area contributed by atoms with Crippen molar-refractivity contribution in [2.45, 2.75) is 50.4 Å². The van der Waals surface area contributed by atoms with Crippen LogP contribution in [0.25, 0.3) is 0 Å². The second kappa shape index (κ2) is 8.92. The maximum Gasteiger partial charge on any atom is 0.0898 e. The quantitative estimate of drug-likeness (QED) is 0.383. The molecule has 0 heterocycles. The van der Waals surface area contributed by atoms with E-state index < -0.39 is 31.5 Å². The summed E-state index contributed by atoms with van der Waals surface area (Å²) in [6.45, 7) is 1.41. The van der Waals surface area contributed by atoms with Gasteiger partial charge in [0.2, 0.25) is 0 Å². The first kappa shape index (κ1) is 17.8. The molecule has 1 saturated carbocycles. The molecule has 5 N–H and O–H groups in total. The van der Waals surface area contributed by atoms with Gasteiger partial charge in [0.25, 0.3) is 0 Å². The summed E-state index contributed by atoms with van der Waals surface area (Å²) in [5, 5.41) is 40.1. The van der Waals surface area contributed by atoms with Crippen molar-refractivity contribution in [2.75, 3.05) is 33.0 Å². The lowest BCUT2D eigenvalue weighted by molar-refractivity contribution is -0.0371. The lowest BCUT2D eigenvalue weighted by Gasteiger charge is -2.31. The summed E-state index contributed by atoms with van der Waals surface area (Å²) in [7, 11) is 0. The molecule has 1 aliphatic rings. The molecular weight excluding hydrogens is 262 g/mol. The molecule has 6 heteroatoms. The van der Waals surface area contributed by atoms with Crippen molar-refractivity contribution in [3.8, 4) is 0 Å².